The van der Waals surface area contributed by atoms with E-state index in [0.717, 1.165) is 25.4 Å². The Hall–Kier alpha value is -3.26. The van der Waals surface area contributed by atoms with Gasteiger partial charge in [-0.05, 0) is 56.3 Å². The van der Waals surface area contributed by atoms with Crippen LogP contribution in [-0.4, -0.2) is 81.2 Å². The summed E-state index contributed by atoms with van der Waals surface area (Å²) in [6.45, 7) is 8.96. The van der Waals surface area contributed by atoms with Gasteiger partial charge < -0.3 is 24.4 Å². The van der Waals surface area contributed by atoms with E-state index in [4.69, 9.17) is 14.2 Å². The fourth-order valence-corrected chi connectivity index (χ4v) is 3.71. The maximum atomic E-state index is 13.0. The van der Waals surface area contributed by atoms with E-state index in [9.17, 15) is 9.59 Å². The van der Waals surface area contributed by atoms with Crippen molar-refractivity contribution >= 4 is 11.8 Å². The standard InChI is InChI=1S/C25H33N3O5/c1-4-32-22-11-8-20(18-23(22)33-5-2)25(30)28-16-14-27(15-17-28)13-12-26-24(29)19-6-9-21(31-3)10-7-19/h6-11,18H,4-5,12-17H2,1-3H3,(H,26,29). The number of nitrogens with one attached hydrogen (secondary N) is 1. The van der Waals surface area contributed by atoms with E-state index >= 15 is 0 Å². The quantitative estimate of drug-likeness (QED) is 0.593. The molecule has 0 aromatic heterocycles. The van der Waals surface area contributed by atoms with Crippen LogP contribution in [0.25, 0.3) is 0 Å². The molecule has 0 spiro atoms. The van der Waals surface area contributed by atoms with Gasteiger partial charge in [-0.15, -0.1) is 0 Å². The summed E-state index contributed by atoms with van der Waals surface area (Å²) in [7, 11) is 1.60. The molecule has 0 bridgehead atoms. The predicted octanol–water partition coefficient (Wildman–Crippen LogP) is 2.68. The number of rotatable bonds is 10. The molecule has 0 unspecified atom stereocenters. The molecule has 178 valence electrons. The number of ether oxygens (including phenoxy) is 3. The first-order valence-electron chi connectivity index (χ1n) is 11.4. The van der Waals surface area contributed by atoms with Gasteiger partial charge in [-0.1, -0.05) is 0 Å². The molecule has 0 saturated carbocycles. The van der Waals surface area contributed by atoms with Gasteiger partial charge in [0.05, 0.1) is 20.3 Å². The molecule has 1 heterocycles. The highest BCUT2D eigenvalue weighted by Crippen LogP contribution is 2.29. The second kappa shape index (κ2) is 12.1. The lowest BCUT2D eigenvalue weighted by Gasteiger charge is -2.34. The monoisotopic (exact) mass is 455 g/mol. The van der Waals surface area contributed by atoms with E-state index in [1.807, 2.05) is 18.7 Å². The maximum Gasteiger partial charge on any atom is 0.254 e. The predicted molar refractivity (Wildman–Crippen MR) is 126 cm³/mol. The minimum Gasteiger partial charge on any atom is -0.497 e. The molecule has 1 N–H and O–H groups in total. The molecule has 2 amide bonds. The van der Waals surface area contributed by atoms with Gasteiger partial charge in [0.25, 0.3) is 11.8 Å². The van der Waals surface area contributed by atoms with Crippen LogP contribution in [0.4, 0.5) is 0 Å². The first-order valence-corrected chi connectivity index (χ1v) is 11.4. The van der Waals surface area contributed by atoms with Crippen LogP contribution < -0.4 is 19.5 Å². The van der Waals surface area contributed by atoms with Gasteiger partial charge in [0.2, 0.25) is 0 Å². The molecule has 33 heavy (non-hydrogen) atoms. The number of carbonyl (C=O) groups is 2. The Bertz CT molecular complexity index is 924. The summed E-state index contributed by atoms with van der Waals surface area (Å²) in [6.07, 6.45) is 0. The van der Waals surface area contributed by atoms with Gasteiger partial charge in [-0.2, -0.15) is 0 Å². The lowest BCUT2D eigenvalue weighted by molar-refractivity contribution is 0.0637. The molecule has 2 aromatic rings. The number of hydrogen-bond acceptors (Lipinski definition) is 6. The van der Waals surface area contributed by atoms with Crippen LogP contribution in [0.2, 0.25) is 0 Å². The van der Waals surface area contributed by atoms with Crippen LogP contribution in [-0.2, 0) is 0 Å². The number of benzene rings is 2. The second-order valence-electron chi connectivity index (χ2n) is 7.65. The zero-order valence-corrected chi connectivity index (χ0v) is 19.6. The highest BCUT2D eigenvalue weighted by atomic mass is 16.5. The zero-order chi connectivity index (χ0) is 23.6. The molecular weight excluding hydrogens is 422 g/mol. The maximum absolute atomic E-state index is 13.0. The largest absolute Gasteiger partial charge is 0.497 e. The third kappa shape index (κ3) is 6.61. The molecule has 1 aliphatic heterocycles. The summed E-state index contributed by atoms with van der Waals surface area (Å²) < 4.78 is 16.3. The van der Waals surface area contributed by atoms with Crippen LogP contribution in [0.1, 0.15) is 34.6 Å². The lowest BCUT2D eigenvalue weighted by Crippen LogP contribution is -2.50. The van der Waals surface area contributed by atoms with Crippen LogP contribution in [0.5, 0.6) is 17.2 Å². The Balaban J connectivity index is 1.45. The number of hydrogen-bond donors (Lipinski definition) is 1. The number of amides is 2. The normalized spacial score (nSPS) is 14.0. The molecule has 8 heteroatoms. The van der Waals surface area contributed by atoms with Gasteiger partial charge in [0, 0.05) is 50.4 Å². The van der Waals surface area contributed by atoms with Gasteiger partial charge >= 0.3 is 0 Å². The number of nitrogens with zero attached hydrogens (tertiary/aromatic N) is 2. The topological polar surface area (TPSA) is 80.3 Å². The van der Waals surface area contributed by atoms with Crippen molar-refractivity contribution in [3.8, 4) is 17.2 Å². The minimum absolute atomic E-state index is 0.00791. The van der Waals surface area contributed by atoms with Gasteiger partial charge in [-0.25, -0.2) is 0 Å². The van der Waals surface area contributed by atoms with Crippen molar-refractivity contribution < 1.29 is 23.8 Å². The third-order valence-electron chi connectivity index (χ3n) is 5.52. The summed E-state index contributed by atoms with van der Waals surface area (Å²) >= 11 is 0. The Kier molecular flexibility index (Phi) is 8.95. The number of carbonyl (C=O) groups excluding carboxylic acids is 2. The van der Waals surface area contributed by atoms with E-state index < -0.39 is 0 Å². The van der Waals surface area contributed by atoms with Gasteiger partial charge in [0.1, 0.15) is 5.75 Å². The van der Waals surface area contributed by atoms with Crippen molar-refractivity contribution in [2.45, 2.75) is 13.8 Å². The average Bonchev–Trinajstić information content (AvgIpc) is 2.85. The SMILES string of the molecule is CCOc1ccc(C(=O)N2CCN(CCNC(=O)c3ccc(OC)cc3)CC2)cc1OCC. The molecule has 0 aliphatic carbocycles. The van der Waals surface area contributed by atoms with E-state index in [0.29, 0.717) is 55.5 Å². The Morgan fingerprint density at radius 3 is 2.15 bits per heavy atom. The van der Waals surface area contributed by atoms with Crippen molar-refractivity contribution in [3.63, 3.8) is 0 Å². The summed E-state index contributed by atoms with van der Waals surface area (Å²) in [6, 6.07) is 12.4. The van der Waals surface area contributed by atoms with Crippen LogP contribution in [0.3, 0.4) is 0 Å². The fourth-order valence-electron chi connectivity index (χ4n) is 3.71. The minimum atomic E-state index is -0.105. The van der Waals surface area contributed by atoms with Gasteiger partial charge in [0.15, 0.2) is 11.5 Å². The second-order valence-corrected chi connectivity index (χ2v) is 7.65. The van der Waals surface area contributed by atoms with Crippen LogP contribution in [0.15, 0.2) is 42.5 Å². The molecule has 2 aromatic carbocycles. The number of piperazine rings is 1. The van der Waals surface area contributed by atoms with Crippen molar-refractivity contribution in [3.05, 3.63) is 53.6 Å². The fraction of sp³-hybridized carbons (Fsp3) is 0.440. The van der Waals surface area contributed by atoms with Gasteiger partial charge in [-0.3, -0.25) is 14.5 Å². The van der Waals surface area contributed by atoms with Crippen molar-refractivity contribution in [2.75, 3.05) is 59.6 Å². The molecule has 0 atom stereocenters. The smallest absolute Gasteiger partial charge is 0.254 e. The zero-order valence-electron chi connectivity index (χ0n) is 19.6. The highest BCUT2D eigenvalue weighted by molar-refractivity contribution is 5.95. The van der Waals surface area contributed by atoms with Crippen LogP contribution in [0, 0.1) is 0 Å². The molecular formula is C25H33N3O5. The van der Waals surface area contributed by atoms with Crippen molar-refractivity contribution in [2.24, 2.45) is 0 Å². The Morgan fingerprint density at radius 1 is 0.879 bits per heavy atom. The molecule has 1 fully saturated rings. The summed E-state index contributed by atoms with van der Waals surface area (Å²) in [5.41, 5.74) is 1.20. The first kappa shape index (κ1) is 24.4. The average molecular weight is 456 g/mol. The highest BCUT2D eigenvalue weighted by Gasteiger charge is 2.23. The van der Waals surface area contributed by atoms with E-state index in [1.54, 1.807) is 49.6 Å². The van der Waals surface area contributed by atoms with E-state index in [-0.39, 0.29) is 11.8 Å². The Labute approximate surface area is 195 Å². The Morgan fingerprint density at radius 2 is 1.52 bits per heavy atom. The van der Waals surface area contributed by atoms with Crippen molar-refractivity contribution in [1.82, 2.24) is 15.1 Å². The lowest BCUT2D eigenvalue weighted by atomic mass is 10.1. The molecule has 8 nitrogen and oxygen atoms in total. The molecule has 0 radical (unpaired) electrons. The third-order valence-corrected chi connectivity index (χ3v) is 5.52. The summed E-state index contributed by atoms with van der Waals surface area (Å²) in [5, 5.41) is 2.95. The molecule has 1 aliphatic rings. The number of methoxy groups -OCH3 is 1. The molecule has 3 rings (SSSR count). The summed E-state index contributed by atoms with van der Waals surface area (Å²) in [5.74, 6) is 1.85. The first-order chi connectivity index (χ1) is 16.0. The van der Waals surface area contributed by atoms with Crippen molar-refractivity contribution in [1.29, 1.82) is 0 Å². The van der Waals surface area contributed by atoms with E-state index in [1.165, 1.54) is 0 Å². The van der Waals surface area contributed by atoms with E-state index in [2.05, 4.69) is 10.2 Å². The van der Waals surface area contributed by atoms with Crippen LogP contribution >= 0.6 is 0 Å². The summed E-state index contributed by atoms with van der Waals surface area (Å²) in [4.78, 5) is 29.4. The molecule has 1 saturated heterocycles.